The lowest BCUT2D eigenvalue weighted by Gasteiger charge is -2.05. The third-order valence-electron chi connectivity index (χ3n) is 4.53. The summed E-state index contributed by atoms with van der Waals surface area (Å²) in [6.45, 7) is 10.7. The molecule has 26 heavy (non-hydrogen) atoms. The maximum absolute atomic E-state index is 12.6. The van der Waals surface area contributed by atoms with E-state index in [-0.39, 0.29) is 5.91 Å². The zero-order valence-corrected chi connectivity index (χ0v) is 16.4. The molecular weight excluding hydrogens is 340 g/mol. The topological polar surface area (TPSA) is 34.4 Å². The summed E-state index contributed by atoms with van der Waals surface area (Å²) < 4.78 is 3.22. The van der Waals surface area contributed by atoms with E-state index in [1.165, 1.54) is 5.56 Å². The third-order valence-corrected chi connectivity index (χ3v) is 5.57. The van der Waals surface area contributed by atoms with E-state index in [9.17, 15) is 4.79 Å². The fourth-order valence-corrected chi connectivity index (χ4v) is 4.15. The smallest absolute Gasteiger partial charge is 0.252 e. The minimum absolute atomic E-state index is 0.112. The van der Waals surface area contributed by atoms with Gasteiger partial charge in [-0.05, 0) is 49.1 Å². The molecule has 0 atom stereocenters. The average molecular weight is 365 g/mol. The van der Waals surface area contributed by atoms with Gasteiger partial charge in [0.25, 0.3) is 5.91 Å². The van der Waals surface area contributed by atoms with Gasteiger partial charge < -0.3 is 4.57 Å². The second-order valence-corrected chi connectivity index (χ2v) is 7.56. The molecule has 0 N–H and O–H groups in total. The van der Waals surface area contributed by atoms with Crippen LogP contribution < -0.4 is 4.80 Å². The minimum Gasteiger partial charge on any atom is -0.313 e. The minimum atomic E-state index is -0.112. The summed E-state index contributed by atoms with van der Waals surface area (Å²) in [5, 5.41) is 0. The van der Waals surface area contributed by atoms with E-state index >= 15 is 0 Å². The second-order valence-electron chi connectivity index (χ2n) is 6.55. The molecule has 0 spiro atoms. The molecule has 134 valence electrons. The molecule has 0 bridgehead atoms. The number of aryl methyl sites for hydroxylation is 3. The summed E-state index contributed by atoms with van der Waals surface area (Å²) in [6.07, 6.45) is 3.16. The van der Waals surface area contributed by atoms with E-state index in [2.05, 4.69) is 59.5 Å². The summed E-state index contributed by atoms with van der Waals surface area (Å²) >= 11 is 1.57. The van der Waals surface area contributed by atoms with E-state index in [0.29, 0.717) is 13.0 Å². The number of thiazole rings is 1. The van der Waals surface area contributed by atoms with E-state index in [1.807, 2.05) is 19.9 Å². The molecule has 3 rings (SSSR count). The number of allylic oxidation sites excluding steroid dienone is 1. The van der Waals surface area contributed by atoms with Crippen LogP contribution in [0.1, 0.15) is 29.2 Å². The van der Waals surface area contributed by atoms with Gasteiger partial charge in [-0.25, -0.2) is 0 Å². The van der Waals surface area contributed by atoms with Crippen LogP contribution in [-0.2, 0) is 24.2 Å². The lowest BCUT2D eigenvalue weighted by molar-refractivity contribution is -0.117. The predicted molar refractivity (Wildman–Crippen MR) is 110 cm³/mol. The summed E-state index contributed by atoms with van der Waals surface area (Å²) in [5.41, 5.74) is 5.72. The van der Waals surface area contributed by atoms with Crippen LogP contribution in [0.2, 0.25) is 0 Å². The molecule has 0 unspecified atom stereocenters. The maximum atomic E-state index is 12.6. The molecule has 0 aliphatic rings. The molecule has 0 fully saturated rings. The van der Waals surface area contributed by atoms with Gasteiger partial charge >= 0.3 is 0 Å². The van der Waals surface area contributed by atoms with Crippen LogP contribution >= 0.6 is 11.3 Å². The molecule has 3 aromatic rings. The Kier molecular flexibility index (Phi) is 5.52. The van der Waals surface area contributed by atoms with Crippen LogP contribution in [0, 0.1) is 13.8 Å². The zero-order chi connectivity index (χ0) is 18.7. The van der Waals surface area contributed by atoms with E-state index in [1.54, 1.807) is 11.3 Å². The molecule has 0 saturated heterocycles. The van der Waals surface area contributed by atoms with Gasteiger partial charge in [0.15, 0.2) is 4.80 Å². The number of nitrogens with zero attached hydrogens (tertiary/aromatic N) is 2. The van der Waals surface area contributed by atoms with Gasteiger partial charge in [0.05, 0.1) is 16.6 Å². The van der Waals surface area contributed by atoms with Crippen molar-refractivity contribution in [3.8, 4) is 0 Å². The quantitative estimate of drug-likeness (QED) is 0.602. The van der Waals surface area contributed by atoms with Crippen LogP contribution in [0.3, 0.4) is 0 Å². The highest BCUT2D eigenvalue weighted by Crippen LogP contribution is 2.20. The number of amides is 1. The van der Waals surface area contributed by atoms with Crippen molar-refractivity contribution in [2.24, 2.45) is 4.99 Å². The first-order chi connectivity index (χ1) is 12.5. The Morgan fingerprint density at radius 2 is 2.04 bits per heavy atom. The Balaban J connectivity index is 2.02. The Morgan fingerprint density at radius 1 is 1.23 bits per heavy atom. The Morgan fingerprint density at radius 3 is 2.77 bits per heavy atom. The van der Waals surface area contributed by atoms with E-state index in [0.717, 1.165) is 38.1 Å². The Bertz CT molecular complexity index is 1040. The number of aromatic nitrogens is 1. The van der Waals surface area contributed by atoms with Crippen molar-refractivity contribution in [3.05, 3.63) is 76.1 Å². The highest BCUT2D eigenvalue weighted by Gasteiger charge is 2.09. The van der Waals surface area contributed by atoms with Gasteiger partial charge in [-0.2, -0.15) is 4.99 Å². The molecular formula is C22H24N2OS. The molecule has 4 heteroatoms. The number of carbonyl (C=O) groups excluding carboxylic acids is 1. The van der Waals surface area contributed by atoms with Crippen molar-refractivity contribution in [2.45, 2.75) is 40.2 Å². The summed E-state index contributed by atoms with van der Waals surface area (Å²) in [5.74, 6) is -0.112. The van der Waals surface area contributed by atoms with Gasteiger partial charge in [0.2, 0.25) is 0 Å². The molecule has 2 aromatic carbocycles. The number of carbonyl (C=O) groups is 1. The standard InChI is InChI=1S/C22H24N2OS/c1-5-11-24-19-10-9-17(6-2)13-20(19)26-22(24)23-21(25)14-18-12-15(3)7-8-16(18)4/h5,7-10,12-13H,1,6,11,14H2,2-4H3. The lowest BCUT2D eigenvalue weighted by Crippen LogP contribution is -2.17. The molecule has 0 aliphatic heterocycles. The SMILES string of the molecule is C=CCn1c(=NC(=O)Cc2cc(C)ccc2C)sc2cc(CC)ccc21. The Labute approximate surface area is 158 Å². The van der Waals surface area contributed by atoms with Crippen molar-refractivity contribution in [1.29, 1.82) is 0 Å². The second kappa shape index (κ2) is 7.83. The van der Waals surface area contributed by atoms with Crippen molar-refractivity contribution in [2.75, 3.05) is 0 Å². The molecule has 1 aromatic heterocycles. The largest absolute Gasteiger partial charge is 0.313 e. The van der Waals surface area contributed by atoms with Crippen LogP contribution in [0.5, 0.6) is 0 Å². The summed E-state index contributed by atoms with van der Waals surface area (Å²) in [4.78, 5) is 17.8. The van der Waals surface area contributed by atoms with Gasteiger partial charge in [0.1, 0.15) is 0 Å². The predicted octanol–water partition coefficient (Wildman–Crippen LogP) is 4.74. The molecule has 0 aliphatic carbocycles. The first-order valence-electron chi connectivity index (χ1n) is 8.88. The molecule has 0 saturated carbocycles. The summed E-state index contributed by atoms with van der Waals surface area (Å²) in [7, 11) is 0. The van der Waals surface area contributed by atoms with Crippen LogP contribution in [0.4, 0.5) is 0 Å². The number of fused-ring (bicyclic) bond motifs is 1. The number of hydrogen-bond acceptors (Lipinski definition) is 2. The highest BCUT2D eigenvalue weighted by atomic mass is 32.1. The van der Waals surface area contributed by atoms with Crippen LogP contribution in [0.15, 0.2) is 54.0 Å². The lowest BCUT2D eigenvalue weighted by atomic mass is 10.0. The Hall–Kier alpha value is -2.46. The zero-order valence-electron chi connectivity index (χ0n) is 15.6. The van der Waals surface area contributed by atoms with Gasteiger partial charge in [-0.1, -0.05) is 54.2 Å². The molecule has 3 nitrogen and oxygen atoms in total. The fraction of sp³-hybridized carbons (Fsp3) is 0.273. The van der Waals surface area contributed by atoms with Crippen molar-refractivity contribution >= 4 is 27.5 Å². The maximum Gasteiger partial charge on any atom is 0.252 e. The van der Waals surface area contributed by atoms with E-state index < -0.39 is 0 Å². The van der Waals surface area contributed by atoms with Crippen molar-refractivity contribution in [1.82, 2.24) is 4.57 Å². The normalized spacial score (nSPS) is 11.9. The average Bonchev–Trinajstić information content (AvgIpc) is 2.94. The summed E-state index contributed by atoms with van der Waals surface area (Å²) in [6, 6.07) is 12.6. The van der Waals surface area contributed by atoms with E-state index in [4.69, 9.17) is 0 Å². The molecule has 1 amide bonds. The number of benzene rings is 2. The number of rotatable bonds is 5. The van der Waals surface area contributed by atoms with Crippen LogP contribution in [-0.4, -0.2) is 10.5 Å². The molecule has 1 heterocycles. The number of hydrogen-bond donors (Lipinski definition) is 0. The first kappa shape index (κ1) is 18.3. The fourth-order valence-electron chi connectivity index (χ4n) is 3.03. The van der Waals surface area contributed by atoms with Gasteiger partial charge in [0, 0.05) is 6.54 Å². The van der Waals surface area contributed by atoms with Crippen molar-refractivity contribution < 1.29 is 4.79 Å². The molecule has 0 radical (unpaired) electrons. The third kappa shape index (κ3) is 3.86. The monoisotopic (exact) mass is 364 g/mol. The van der Waals surface area contributed by atoms with Gasteiger partial charge in [-0.15, -0.1) is 6.58 Å². The van der Waals surface area contributed by atoms with Crippen LogP contribution in [0.25, 0.3) is 10.2 Å². The van der Waals surface area contributed by atoms with Gasteiger partial charge in [-0.3, -0.25) is 4.79 Å². The van der Waals surface area contributed by atoms with Crippen molar-refractivity contribution in [3.63, 3.8) is 0 Å². The highest BCUT2D eigenvalue weighted by molar-refractivity contribution is 7.16. The first-order valence-corrected chi connectivity index (χ1v) is 9.70.